The molecule has 1 aromatic carbocycles. The van der Waals surface area contributed by atoms with Crippen LogP contribution in [-0.2, 0) is 6.61 Å². The number of aromatic nitrogens is 2. The third kappa shape index (κ3) is 2.79. The van der Waals surface area contributed by atoms with Crippen molar-refractivity contribution in [2.75, 3.05) is 0 Å². The van der Waals surface area contributed by atoms with E-state index >= 15 is 0 Å². The number of halogens is 1. The molecule has 2 aromatic rings. The Morgan fingerprint density at radius 3 is 3.00 bits per heavy atom. The number of aliphatic hydroxyl groups is 1. The molecular formula is C11H11FN2O3. The van der Waals surface area contributed by atoms with Gasteiger partial charge in [-0.2, -0.15) is 4.98 Å². The summed E-state index contributed by atoms with van der Waals surface area (Å²) in [6.07, 6.45) is 0.440. The van der Waals surface area contributed by atoms with Gasteiger partial charge in [-0.3, -0.25) is 0 Å². The molecule has 0 aliphatic carbocycles. The van der Waals surface area contributed by atoms with Gasteiger partial charge in [0.05, 0.1) is 6.10 Å². The summed E-state index contributed by atoms with van der Waals surface area (Å²) in [5, 5.41) is 13.1. The molecule has 0 unspecified atom stereocenters. The standard InChI is InChI=1S/C11H11FN2O3/c1-7(15)9-3-2-8(12)4-10(9)16-5-11-13-6-17-14-11/h2-4,6-7,15H,5H2,1H3/t7-/m1/s1. The molecule has 0 amide bonds. The molecule has 0 aliphatic heterocycles. The van der Waals surface area contributed by atoms with Gasteiger partial charge in [-0.05, 0) is 19.1 Å². The van der Waals surface area contributed by atoms with Crippen LogP contribution in [0.1, 0.15) is 24.4 Å². The van der Waals surface area contributed by atoms with Gasteiger partial charge in [0.2, 0.25) is 12.2 Å². The monoisotopic (exact) mass is 238 g/mol. The average Bonchev–Trinajstić information content (AvgIpc) is 2.78. The third-order valence-corrected chi connectivity index (χ3v) is 2.19. The molecule has 0 radical (unpaired) electrons. The van der Waals surface area contributed by atoms with Crippen molar-refractivity contribution in [3.8, 4) is 5.75 Å². The molecule has 0 fully saturated rings. The lowest BCUT2D eigenvalue weighted by atomic mass is 10.1. The predicted molar refractivity (Wildman–Crippen MR) is 55.7 cm³/mol. The van der Waals surface area contributed by atoms with Gasteiger partial charge in [-0.1, -0.05) is 5.16 Å². The molecule has 1 N–H and O–H groups in total. The predicted octanol–water partition coefficient (Wildman–Crippen LogP) is 1.84. The first-order valence-corrected chi connectivity index (χ1v) is 5.02. The summed E-state index contributed by atoms with van der Waals surface area (Å²) in [4.78, 5) is 3.77. The van der Waals surface area contributed by atoms with Crippen molar-refractivity contribution in [2.24, 2.45) is 0 Å². The van der Waals surface area contributed by atoms with Crippen LogP contribution in [0.5, 0.6) is 5.75 Å². The fraction of sp³-hybridized carbons (Fsp3) is 0.273. The number of ether oxygens (including phenoxy) is 1. The van der Waals surface area contributed by atoms with E-state index < -0.39 is 11.9 Å². The Bertz CT molecular complexity index is 485. The Hall–Kier alpha value is -1.95. The molecule has 0 saturated heterocycles. The maximum atomic E-state index is 13.1. The van der Waals surface area contributed by atoms with E-state index in [0.29, 0.717) is 11.4 Å². The van der Waals surface area contributed by atoms with Crippen LogP contribution in [0.25, 0.3) is 0 Å². The van der Waals surface area contributed by atoms with E-state index in [1.165, 1.54) is 24.6 Å². The molecular weight excluding hydrogens is 227 g/mol. The number of nitrogens with zero attached hydrogens (tertiary/aromatic N) is 2. The fourth-order valence-corrected chi connectivity index (χ4v) is 1.38. The Balaban J connectivity index is 2.16. The van der Waals surface area contributed by atoms with Crippen LogP contribution in [0, 0.1) is 5.82 Å². The van der Waals surface area contributed by atoms with Gasteiger partial charge in [-0.15, -0.1) is 0 Å². The summed E-state index contributed by atoms with van der Waals surface area (Å²) < 4.78 is 22.9. The summed E-state index contributed by atoms with van der Waals surface area (Å²) in [6.45, 7) is 1.63. The smallest absolute Gasteiger partial charge is 0.213 e. The van der Waals surface area contributed by atoms with Crippen LogP contribution in [0.3, 0.4) is 0 Å². The summed E-state index contributed by atoms with van der Waals surface area (Å²) in [6, 6.07) is 3.96. The van der Waals surface area contributed by atoms with Gasteiger partial charge in [0.15, 0.2) is 6.61 Å². The first-order chi connectivity index (χ1) is 8.16. The molecule has 1 aromatic heterocycles. The van der Waals surface area contributed by atoms with E-state index in [4.69, 9.17) is 4.74 Å². The molecule has 2 rings (SSSR count). The van der Waals surface area contributed by atoms with Crippen molar-refractivity contribution in [3.63, 3.8) is 0 Å². The Kier molecular flexibility index (Phi) is 3.34. The molecule has 5 nitrogen and oxygen atoms in total. The Morgan fingerprint density at radius 2 is 2.35 bits per heavy atom. The van der Waals surface area contributed by atoms with E-state index in [9.17, 15) is 9.50 Å². The Morgan fingerprint density at radius 1 is 1.53 bits per heavy atom. The highest BCUT2D eigenvalue weighted by atomic mass is 19.1. The SMILES string of the molecule is C[C@@H](O)c1ccc(F)cc1OCc1ncon1. The quantitative estimate of drug-likeness (QED) is 0.880. The second-order valence-corrected chi connectivity index (χ2v) is 3.49. The minimum absolute atomic E-state index is 0.0552. The summed E-state index contributed by atoms with van der Waals surface area (Å²) in [5.41, 5.74) is 0.509. The van der Waals surface area contributed by atoms with Crippen molar-refractivity contribution in [1.29, 1.82) is 0 Å². The molecule has 90 valence electrons. The van der Waals surface area contributed by atoms with Crippen LogP contribution >= 0.6 is 0 Å². The largest absolute Gasteiger partial charge is 0.485 e. The van der Waals surface area contributed by atoms with Gasteiger partial charge >= 0.3 is 0 Å². The first-order valence-electron chi connectivity index (χ1n) is 5.02. The number of hydrogen-bond acceptors (Lipinski definition) is 5. The van der Waals surface area contributed by atoms with E-state index in [-0.39, 0.29) is 12.4 Å². The summed E-state index contributed by atoms with van der Waals surface area (Å²) in [7, 11) is 0. The van der Waals surface area contributed by atoms with Gasteiger partial charge in [-0.25, -0.2) is 4.39 Å². The lowest BCUT2D eigenvalue weighted by Crippen LogP contribution is -2.02. The zero-order chi connectivity index (χ0) is 12.3. The Labute approximate surface area is 96.8 Å². The lowest BCUT2D eigenvalue weighted by Gasteiger charge is -2.12. The minimum atomic E-state index is -0.740. The second kappa shape index (κ2) is 4.92. The van der Waals surface area contributed by atoms with Gasteiger partial charge in [0.1, 0.15) is 11.6 Å². The van der Waals surface area contributed by atoms with Crippen molar-refractivity contribution in [3.05, 3.63) is 41.8 Å². The van der Waals surface area contributed by atoms with E-state index in [2.05, 4.69) is 14.7 Å². The second-order valence-electron chi connectivity index (χ2n) is 3.49. The molecule has 17 heavy (non-hydrogen) atoms. The highest BCUT2D eigenvalue weighted by molar-refractivity contribution is 5.35. The normalized spacial score (nSPS) is 12.4. The molecule has 0 spiro atoms. The zero-order valence-electron chi connectivity index (χ0n) is 9.13. The van der Waals surface area contributed by atoms with E-state index in [1.807, 2.05) is 0 Å². The third-order valence-electron chi connectivity index (χ3n) is 2.19. The van der Waals surface area contributed by atoms with Gasteiger partial charge < -0.3 is 14.4 Å². The molecule has 0 aliphatic rings. The summed E-state index contributed by atoms with van der Waals surface area (Å²) in [5.74, 6) is 0.188. The number of hydrogen-bond donors (Lipinski definition) is 1. The van der Waals surface area contributed by atoms with Crippen molar-refractivity contribution >= 4 is 0 Å². The molecule has 0 bridgehead atoms. The first kappa shape index (κ1) is 11.5. The van der Waals surface area contributed by atoms with E-state index in [1.54, 1.807) is 6.92 Å². The number of aliphatic hydroxyl groups excluding tert-OH is 1. The zero-order valence-corrected chi connectivity index (χ0v) is 9.13. The number of benzene rings is 1. The maximum absolute atomic E-state index is 13.1. The fourth-order valence-electron chi connectivity index (χ4n) is 1.38. The van der Waals surface area contributed by atoms with Crippen molar-refractivity contribution in [1.82, 2.24) is 10.1 Å². The van der Waals surface area contributed by atoms with Crippen molar-refractivity contribution in [2.45, 2.75) is 19.6 Å². The topological polar surface area (TPSA) is 68.4 Å². The molecule has 1 heterocycles. The average molecular weight is 238 g/mol. The summed E-state index contributed by atoms with van der Waals surface area (Å²) >= 11 is 0. The number of rotatable bonds is 4. The molecule has 6 heteroatoms. The minimum Gasteiger partial charge on any atom is -0.485 e. The molecule has 0 saturated carbocycles. The van der Waals surface area contributed by atoms with Crippen LogP contribution in [0.2, 0.25) is 0 Å². The van der Waals surface area contributed by atoms with Crippen LogP contribution in [0.4, 0.5) is 4.39 Å². The maximum Gasteiger partial charge on any atom is 0.213 e. The van der Waals surface area contributed by atoms with Crippen LogP contribution in [0.15, 0.2) is 29.1 Å². The highest BCUT2D eigenvalue weighted by Gasteiger charge is 2.11. The van der Waals surface area contributed by atoms with E-state index in [0.717, 1.165) is 0 Å². The van der Waals surface area contributed by atoms with Crippen molar-refractivity contribution < 1.29 is 18.8 Å². The lowest BCUT2D eigenvalue weighted by molar-refractivity contribution is 0.189. The molecule has 1 atom stereocenters. The van der Waals surface area contributed by atoms with Crippen LogP contribution in [-0.4, -0.2) is 15.2 Å². The highest BCUT2D eigenvalue weighted by Crippen LogP contribution is 2.26. The van der Waals surface area contributed by atoms with Gasteiger partial charge in [0.25, 0.3) is 0 Å². The van der Waals surface area contributed by atoms with Crippen LogP contribution < -0.4 is 4.74 Å². The van der Waals surface area contributed by atoms with Gasteiger partial charge in [0, 0.05) is 11.6 Å².